The first-order chi connectivity index (χ1) is 7.64. The van der Waals surface area contributed by atoms with Gasteiger partial charge in [0, 0.05) is 5.88 Å². The van der Waals surface area contributed by atoms with Crippen molar-refractivity contribution in [1.82, 2.24) is 0 Å². The van der Waals surface area contributed by atoms with Crippen LogP contribution in [0, 0.1) is 0 Å². The molecule has 0 unspecified atom stereocenters. The highest BCUT2D eigenvalue weighted by atomic mass is 35.5. The number of hydrogen-bond donors (Lipinski definition) is 0. The Morgan fingerprint density at radius 1 is 1.12 bits per heavy atom. The van der Waals surface area contributed by atoms with Crippen molar-refractivity contribution >= 4 is 27.5 Å². The third-order valence-corrected chi connectivity index (χ3v) is 4.19. The van der Waals surface area contributed by atoms with Crippen molar-refractivity contribution in [3.63, 3.8) is 0 Å². The van der Waals surface area contributed by atoms with Crippen LogP contribution in [0.15, 0.2) is 36.4 Å². The molecule has 0 saturated carbocycles. The zero-order valence-electron chi connectivity index (χ0n) is 8.97. The number of sulfone groups is 1. The smallest absolute Gasteiger partial charge is 0.151 e. The molecule has 2 nitrogen and oxygen atoms in total. The molecule has 1 rings (SSSR count). The van der Waals surface area contributed by atoms with Crippen LogP contribution in [0.2, 0.25) is 0 Å². The van der Waals surface area contributed by atoms with Crippen LogP contribution in [0.1, 0.15) is 12.0 Å². The SMILES string of the molecule is O=S(=O)(CCCl)CCC=Cc1ccccc1. The molecule has 0 spiro atoms. The van der Waals surface area contributed by atoms with E-state index in [-0.39, 0.29) is 17.4 Å². The van der Waals surface area contributed by atoms with E-state index in [4.69, 9.17) is 11.6 Å². The van der Waals surface area contributed by atoms with E-state index in [0.29, 0.717) is 6.42 Å². The Morgan fingerprint density at radius 2 is 1.81 bits per heavy atom. The van der Waals surface area contributed by atoms with E-state index in [2.05, 4.69) is 0 Å². The highest BCUT2D eigenvalue weighted by Crippen LogP contribution is 2.03. The fraction of sp³-hybridized carbons (Fsp3) is 0.333. The van der Waals surface area contributed by atoms with Crippen molar-refractivity contribution in [3.8, 4) is 0 Å². The number of allylic oxidation sites excluding steroid dienone is 1. The van der Waals surface area contributed by atoms with E-state index in [0.717, 1.165) is 5.56 Å². The van der Waals surface area contributed by atoms with Gasteiger partial charge >= 0.3 is 0 Å². The van der Waals surface area contributed by atoms with Crippen molar-refractivity contribution in [1.29, 1.82) is 0 Å². The van der Waals surface area contributed by atoms with Crippen LogP contribution in [-0.4, -0.2) is 25.8 Å². The largest absolute Gasteiger partial charge is 0.229 e. The average molecular weight is 259 g/mol. The van der Waals surface area contributed by atoms with Gasteiger partial charge in [0.1, 0.15) is 0 Å². The summed E-state index contributed by atoms with van der Waals surface area (Å²) >= 11 is 5.40. The van der Waals surface area contributed by atoms with Gasteiger partial charge in [-0.3, -0.25) is 0 Å². The van der Waals surface area contributed by atoms with E-state index in [1.807, 2.05) is 42.5 Å². The monoisotopic (exact) mass is 258 g/mol. The van der Waals surface area contributed by atoms with Gasteiger partial charge in [0.2, 0.25) is 0 Å². The molecule has 0 aromatic heterocycles. The fourth-order valence-electron chi connectivity index (χ4n) is 1.25. The van der Waals surface area contributed by atoms with Gasteiger partial charge in [-0.25, -0.2) is 8.42 Å². The third kappa shape index (κ3) is 5.33. The second-order valence-electron chi connectivity index (χ2n) is 3.44. The lowest BCUT2D eigenvalue weighted by Crippen LogP contribution is -2.11. The first-order valence-electron chi connectivity index (χ1n) is 5.12. The van der Waals surface area contributed by atoms with Gasteiger partial charge in [-0.05, 0) is 12.0 Å². The number of halogens is 1. The molecule has 1 aromatic rings. The first kappa shape index (κ1) is 13.3. The minimum atomic E-state index is -2.97. The maximum atomic E-state index is 11.3. The van der Waals surface area contributed by atoms with Crippen LogP contribution in [-0.2, 0) is 9.84 Å². The Hall–Kier alpha value is -0.800. The fourth-order valence-corrected chi connectivity index (χ4v) is 2.89. The first-order valence-corrected chi connectivity index (χ1v) is 7.47. The van der Waals surface area contributed by atoms with E-state index >= 15 is 0 Å². The molecule has 0 bridgehead atoms. The highest BCUT2D eigenvalue weighted by molar-refractivity contribution is 7.91. The van der Waals surface area contributed by atoms with E-state index < -0.39 is 9.84 Å². The summed E-state index contributed by atoms with van der Waals surface area (Å²) in [5.74, 6) is 0.404. The Kier molecular flexibility index (Phi) is 5.56. The molecule has 0 aliphatic carbocycles. The maximum Gasteiger partial charge on any atom is 0.151 e. The molecule has 0 atom stereocenters. The zero-order valence-corrected chi connectivity index (χ0v) is 10.5. The van der Waals surface area contributed by atoms with E-state index in [1.165, 1.54) is 0 Å². The van der Waals surface area contributed by atoms with Crippen molar-refractivity contribution in [2.75, 3.05) is 17.4 Å². The normalized spacial score (nSPS) is 12.1. The van der Waals surface area contributed by atoms with Crippen LogP contribution < -0.4 is 0 Å². The Balaban J connectivity index is 2.39. The molecule has 0 aliphatic rings. The topological polar surface area (TPSA) is 34.1 Å². The number of benzene rings is 1. The minimum Gasteiger partial charge on any atom is -0.229 e. The summed E-state index contributed by atoms with van der Waals surface area (Å²) in [7, 11) is -2.97. The highest BCUT2D eigenvalue weighted by Gasteiger charge is 2.07. The molecule has 0 fully saturated rings. The number of rotatable bonds is 6. The second-order valence-corrected chi connectivity index (χ2v) is 6.12. The van der Waals surface area contributed by atoms with Gasteiger partial charge in [0.05, 0.1) is 11.5 Å². The van der Waals surface area contributed by atoms with Crippen molar-refractivity contribution in [2.45, 2.75) is 6.42 Å². The third-order valence-electron chi connectivity index (χ3n) is 2.09. The van der Waals surface area contributed by atoms with Crippen LogP contribution >= 0.6 is 11.6 Å². The zero-order chi connectivity index (χ0) is 11.9. The summed E-state index contributed by atoms with van der Waals surface area (Å²) in [4.78, 5) is 0. The summed E-state index contributed by atoms with van der Waals surface area (Å²) in [6.07, 6.45) is 4.34. The summed E-state index contributed by atoms with van der Waals surface area (Å²) in [5.41, 5.74) is 1.08. The van der Waals surface area contributed by atoms with Gasteiger partial charge in [-0.2, -0.15) is 0 Å². The molecule has 88 valence electrons. The lowest BCUT2D eigenvalue weighted by atomic mass is 10.2. The second kappa shape index (κ2) is 6.71. The number of alkyl halides is 1. The number of hydrogen-bond acceptors (Lipinski definition) is 2. The molecule has 0 aliphatic heterocycles. The van der Waals surface area contributed by atoms with Gasteiger partial charge in [0.15, 0.2) is 9.84 Å². The predicted molar refractivity (Wildman–Crippen MR) is 69.5 cm³/mol. The quantitative estimate of drug-likeness (QED) is 0.736. The maximum absolute atomic E-state index is 11.3. The molecule has 0 amide bonds. The lowest BCUT2D eigenvalue weighted by molar-refractivity contribution is 0.597. The molecule has 1 aromatic carbocycles. The van der Waals surface area contributed by atoms with Gasteiger partial charge < -0.3 is 0 Å². The summed E-state index contributed by atoms with van der Waals surface area (Å²) < 4.78 is 22.6. The average Bonchev–Trinajstić information content (AvgIpc) is 2.26. The van der Waals surface area contributed by atoms with Gasteiger partial charge in [0.25, 0.3) is 0 Å². The lowest BCUT2D eigenvalue weighted by Gasteiger charge is -1.98. The van der Waals surface area contributed by atoms with Crippen LogP contribution in [0.4, 0.5) is 0 Å². The van der Waals surface area contributed by atoms with Crippen molar-refractivity contribution < 1.29 is 8.42 Å². The molecule has 16 heavy (non-hydrogen) atoms. The van der Waals surface area contributed by atoms with Gasteiger partial charge in [-0.15, -0.1) is 11.6 Å². The molecule has 4 heteroatoms. The van der Waals surface area contributed by atoms with Crippen molar-refractivity contribution in [3.05, 3.63) is 42.0 Å². The predicted octanol–water partition coefficient (Wildman–Crippen LogP) is 2.74. The van der Waals surface area contributed by atoms with Gasteiger partial charge in [-0.1, -0.05) is 42.5 Å². The van der Waals surface area contributed by atoms with Crippen LogP contribution in [0.25, 0.3) is 6.08 Å². The molecular weight excluding hydrogens is 244 g/mol. The Bertz CT molecular complexity index is 424. The standard InChI is InChI=1S/C12H15ClO2S/c13-9-11-16(14,15)10-5-4-8-12-6-2-1-3-7-12/h1-4,6-8H,5,9-11H2. The summed E-state index contributed by atoms with van der Waals surface area (Å²) in [5, 5.41) is 0. The summed E-state index contributed by atoms with van der Waals surface area (Å²) in [6.45, 7) is 0. The Labute approximate surface area is 102 Å². The van der Waals surface area contributed by atoms with E-state index in [9.17, 15) is 8.42 Å². The van der Waals surface area contributed by atoms with Crippen LogP contribution in [0.3, 0.4) is 0 Å². The van der Waals surface area contributed by atoms with Crippen molar-refractivity contribution in [2.24, 2.45) is 0 Å². The van der Waals surface area contributed by atoms with E-state index in [1.54, 1.807) is 0 Å². The molecule has 0 radical (unpaired) electrons. The Morgan fingerprint density at radius 3 is 2.44 bits per heavy atom. The molecule has 0 saturated heterocycles. The molecule has 0 N–H and O–H groups in total. The molecule has 0 heterocycles. The molecular formula is C12H15ClO2S. The van der Waals surface area contributed by atoms with Crippen LogP contribution in [0.5, 0.6) is 0 Å². The summed E-state index contributed by atoms with van der Waals surface area (Å²) in [6, 6.07) is 9.80. The minimum absolute atomic E-state index is 0.0632.